The molecule has 142 valence electrons. The smallest absolute Gasteiger partial charge is 0.191 e. The van der Waals surface area contributed by atoms with Gasteiger partial charge in [-0.15, -0.1) is 23.1 Å². The first-order valence-corrected chi connectivity index (χ1v) is 10.7. The molecule has 0 saturated heterocycles. The quantitative estimate of drug-likeness (QED) is 0.358. The molecule has 0 amide bonds. The molecule has 1 aliphatic rings. The van der Waals surface area contributed by atoms with Crippen LogP contribution in [0.2, 0.25) is 0 Å². The lowest BCUT2D eigenvalue weighted by Crippen LogP contribution is -2.40. The van der Waals surface area contributed by atoms with Crippen molar-refractivity contribution in [3.8, 4) is 10.6 Å². The highest BCUT2D eigenvalue weighted by atomic mass is 32.2. The van der Waals surface area contributed by atoms with Crippen LogP contribution in [0.3, 0.4) is 0 Å². The summed E-state index contributed by atoms with van der Waals surface area (Å²) in [6, 6.07) is 3.94. The molecule has 0 spiro atoms. The summed E-state index contributed by atoms with van der Waals surface area (Å²) in [4.78, 5) is 17.7. The van der Waals surface area contributed by atoms with E-state index in [1.807, 2.05) is 29.8 Å². The second-order valence-corrected chi connectivity index (χ2v) is 7.34. The van der Waals surface area contributed by atoms with Gasteiger partial charge in [0, 0.05) is 36.6 Å². The third kappa shape index (κ3) is 5.30. The summed E-state index contributed by atoms with van der Waals surface area (Å²) in [6.07, 6.45) is 2.86. The Bertz CT molecular complexity index is 829. The number of hydrogen-bond donors (Lipinski definition) is 3. The number of pyridine rings is 1. The third-order valence-corrected chi connectivity index (χ3v) is 5.31. The molecule has 0 aliphatic carbocycles. The molecule has 3 rings (SSSR count). The minimum Gasteiger partial charge on any atom is -0.370 e. The molecule has 7 nitrogen and oxygen atoms in total. The molecule has 0 fully saturated rings. The lowest BCUT2D eigenvalue weighted by molar-refractivity contribution is 0.718. The van der Waals surface area contributed by atoms with Gasteiger partial charge in [0.1, 0.15) is 16.5 Å². The molecule has 27 heavy (non-hydrogen) atoms. The number of aromatic nitrogens is 2. The Kier molecular flexibility index (Phi) is 7.23. The highest BCUT2D eigenvalue weighted by Crippen LogP contribution is 2.31. The van der Waals surface area contributed by atoms with Gasteiger partial charge in [0.25, 0.3) is 0 Å². The molecular formula is C18H23N7S2. The fourth-order valence-electron chi connectivity index (χ4n) is 2.46. The van der Waals surface area contributed by atoms with Crippen molar-refractivity contribution in [1.82, 2.24) is 20.6 Å². The van der Waals surface area contributed by atoms with Crippen LogP contribution in [0.1, 0.15) is 19.0 Å². The lowest BCUT2D eigenvalue weighted by atomic mass is 10.2. The maximum absolute atomic E-state index is 4.73. The minimum absolute atomic E-state index is 0.703. The first kappa shape index (κ1) is 19.4. The van der Waals surface area contributed by atoms with E-state index in [2.05, 4.69) is 37.6 Å². The Morgan fingerprint density at radius 1 is 1.48 bits per heavy atom. The van der Waals surface area contributed by atoms with Gasteiger partial charge in [-0.25, -0.2) is 9.97 Å². The average Bonchev–Trinajstić information content (AvgIpc) is 3.19. The number of aliphatic imine (C=N–C) groups is 2. The van der Waals surface area contributed by atoms with Crippen molar-refractivity contribution < 1.29 is 0 Å². The molecule has 0 atom stereocenters. The maximum Gasteiger partial charge on any atom is 0.191 e. The van der Waals surface area contributed by atoms with Gasteiger partial charge in [0.2, 0.25) is 0 Å². The van der Waals surface area contributed by atoms with E-state index < -0.39 is 0 Å². The summed E-state index contributed by atoms with van der Waals surface area (Å²) in [7, 11) is 0. The molecule has 0 unspecified atom stereocenters. The monoisotopic (exact) mass is 401 g/mol. The van der Waals surface area contributed by atoms with Gasteiger partial charge in [-0.1, -0.05) is 0 Å². The highest BCUT2D eigenvalue weighted by Gasteiger charge is 2.12. The molecule has 3 heterocycles. The van der Waals surface area contributed by atoms with Crippen LogP contribution in [-0.2, 0) is 0 Å². The fourth-order valence-corrected chi connectivity index (χ4v) is 3.96. The SMILES string of the molecule is C=N/C(=C\SCNC1=NCCCN1)c1csc(-c2cccnc2NCC)n1. The van der Waals surface area contributed by atoms with Gasteiger partial charge in [0.05, 0.1) is 17.1 Å². The Hall–Kier alpha value is -2.39. The van der Waals surface area contributed by atoms with Crippen LogP contribution in [0.25, 0.3) is 16.3 Å². The molecule has 2 aromatic rings. The van der Waals surface area contributed by atoms with Crippen LogP contribution in [0.5, 0.6) is 0 Å². The zero-order valence-corrected chi connectivity index (χ0v) is 16.9. The number of thiazole rings is 1. The van der Waals surface area contributed by atoms with Gasteiger partial charge in [0.15, 0.2) is 5.96 Å². The second kappa shape index (κ2) is 10.1. The van der Waals surface area contributed by atoms with Crippen molar-refractivity contribution in [3.63, 3.8) is 0 Å². The summed E-state index contributed by atoms with van der Waals surface area (Å²) in [5, 5.41) is 14.7. The number of nitrogens with zero attached hydrogens (tertiary/aromatic N) is 4. The summed E-state index contributed by atoms with van der Waals surface area (Å²) < 4.78 is 0. The normalized spacial score (nSPS) is 14.3. The summed E-state index contributed by atoms with van der Waals surface area (Å²) in [5.41, 5.74) is 2.57. The lowest BCUT2D eigenvalue weighted by Gasteiger charge is -2.15. The van der Waals surface area contributed by atoms with Gasteiger partial charge in [-0.05, 0) is 32.2 Å². The molecule has 3 N–H and O–H groups in total. The van der Waals surface area contributed by atoms with E-state index in [1.54, 1.807) is 29.3 Å². The zero-order chi connectivity index (χ0) is 18.9. The van der Waals surface area contributed by atoms with Crippen molar-refractivity contribution in [2.45, 2.75) is 13.3 Å². The Morgan fingerprint density at radius 2 is 2.41 bits per heavy atom. The third-order valence-electron chi connectivity index (χ3n) is 3.73. The van der Waals surface area contributed by atoms with Crippen LogP contribution < -0.4 is 16.0 Å². The van der Waals surface area contributed by atoms with Crippen LogP contribution >= 0.6 is 23.1 Å². The van der Waals surface area contributed by atoms with Crippen LogP contribution in [0, 0.1) is 0 Å². The van der Waals surface area contributed by atoms with Gasteiger partial charge in [-0.2, -0.15) is 0 Å². The standard InChI is InChI=1S/C18H23N7S2/c1-3-20-16-13(6-4-7-21-16)17-25-15(11-27-17)14(19-2)10-26-12-24-18-22-8-5-9-23-18/h4,6-7,10-11H,2-3,5,8-9,12H2,1H3,(H,20,21)(H2,22,23,24)/b14-10-. The zero-order valence-electron chi connectivity index (χ0n) is 15.2. The van der Waals surface area contributed by atoms with Crippen LogP contribution in [0.4, 0.5) is 5.82 Å². The predicted octanol–water partition coefficient (Wildman–Crippen LogP) is 3.27. The molecule has 2 aromatic heterocycles. The first-order chi connectivity index (χ1) is 13.3. The number of thioether (sulfide) groups is 1. The minimum atomic E-state index is 0.703. The van der Waals surface area contributed by atoms with E-state index in [0.29, 0.717) is 5.88 Å². The largest absolute Gasteiger partial charge is 0.370 e. The highest BCUT2D eigenvalue weighted by molar-refractivity contribution is 8.02. The molecular weight excluding hydrogens is 378 g/mol. The van der Waals surface area contributed by atoms with E-state index in [-0.39, 0.29) is 0 Å². The summed E-state index contributed by atoms with van der Waals surface area (Å²) in [6.45, 7) is 8.39. The Labute approximate surface area is 167 Å². The van der Waals surface area contributed by atoms with Crippen LogP contribution in [-0.4, -0.2) is 48.2 Å². The molecule has 0 saturated carbocycles. The number of hydrogen-bond acceptors (Lipinski definition) is 9. The first-order valence-electron chi connectivity index (χ1n) is 8.77. The average molecular weight is 402 g/mol. The van der Waals surface area contributed by atoms with Crippen molar-refractivity contribution >= 4 is 47.3 Å². The number of guanidine groups is 1. The van der Waals surface area contributed by atoms with E-state index >= 15 is 0 Å². The van der Waals surface area contributed by atoms with Gasteiger partial charge >= 0.3 is 0 Å². The van der Waals surface area contributed by atoms with E-state index in [1.165, 1.54) is 0 Å². The van der Waals surface area contributed by atoms with E-state index in [0.717, 1.165) is 59.8 Å². The summed E-state index contributed by atoms with van der Waals surface area (Å²) in [5.74, 6) is 2.41. The predicted molar refractivity (Wildman–Crippen MR) is 118 cm³/mol. The topological polar surface area (TPSA) is 86.6 Å². The number of anilines is 1. The van der Waals surface area contributed by atoms with Crippen molar-refractivity contribution in [1.29, 1.82) is 0 Å². The Morgan fingerprint density at radius 3 is 3.19 bits per heavy atom. The second-order valence-electron chi connectivity index (χ2n) is 5.63. The maximum atomic E-state index is 4.73. The molecule has 1 aliphatic heterocycles. The van der Waals surface area contributed by atoms with Crippen molar-refractivity contribution in [3.05, 3.63) is 34.8 Å². The van der Waals surface area contributed by atoms with E-state index in [9.17, 15) is 0 Å². The van der Waals surface area contributed by atoms with Crippen molar-refractivity contribution in [2.24, 2.45) is 9.98 Å². The van der Waals surface area contributed by atoms with Gasteiger partial charge < -0.3 is 16.0 Å². The summed E-state index contributed by atoms with van der Waals surface area (Å²) >= 11 is 3.18. The van der Waals surface area contributed by atoms with Crippen LogP contribution in [0.15, 0.2) is 39.1 Å². The van der Waals surface area contributed by atoms with Gasteiger partial charge in [-0.3, -0.25) is 9.98 Å². The number of nitrogens with one attached hydrogen (secondary N) is 3. The molecule has 0 radical (unpaired) electrons. The molecule has 9 heteroatoms. The molecule has 0 bridgehead atoms. The van der Waals surface area contributed by atoms with Crippen molar-refractivity contribution in [2.75, 3.05) is 30.8 Å². The molecule has 0 aromatic carbocycles. The van der Waals surface area contributed by atoms with E-state index in [4.69, 9.17) is 4.98 Å². The number of rotatable bonds is 8. The Balaban J connectivity index is 1.66. The fraction of sp³-hybridized carbons (Fsp3) is 0.333.